The van der Waals surface area contributed by atoms with Crippen LogP contribution in [0.3, 0.4) is 0 Å². The van der Waals surface area contributed by atoms with E-state index in [-0.39, 0.29) is 5.91 Å². The zero-order chi connectivity index (χ0) is 20.1. The quantitative estimate of drug-likeness (QED) is 0.654. The van der Waals surface area contributed by atoms with Gasteiger partial charge in [-0.3, -0.25) is 4.79 Å². The first-order valence-electron chi connectivity index (χ1n) is 10.0. The van der Waals surface area contributed by atoms with Gasteiger partial charge in [-0.25, -0.2) is 0 Å². The van der Waals surface area contributed by atoms with Crippen molar-refractivity contribution in [3.63, 3.8) is 0 Å². The van der Waals surface area contributed by atoms with Gasteiger partial charge in [-0.15, -0.1) is 10.2 Å². The summed E-state index contributed by atoms with van der Waals surface area (Å²) in [4.78, 5) is 14.8. The molecule has 1 aliphatic rings. The molecule has 3 rings (SSSR count). The number of aryl methyl sites for hydroxylation is 1. The van der Waals surface area contributed by atoms with Crippen LogP contribution in [0.25, 0.3) is 0 Å². The van der Waals surface area contributed by atoms with Crippen molar-refractivity contribution in [1.29, 1.82) is 0 Å². The molecule has 0 radical (unpaired) electrons. The van der Waals surface area contributed by atoms with E-state index in [2.05, 4.69) is 31.0 Å². The second-order valence-corrected chi connectivity index (χ2v) is 8.41. The number of hydrogen-bond acceptors (Lipinski definition) is 5. The predicted octanol–water partition coefficient (Wildman–Crippen LogP) is 4.07. The van der Waals surface area contributed by atoms with Crippen LogP contribution in [0.5, 0.6) is 5.75 Å². The van der Waals surface area contributed by atoms with Crippen LogP contribution in [0.15, 0.2) is 29.4 Å². The van der Waals surface area contributed by atoms with Crippen molar-refractivity contribution in [3.05, 3.63) is 35.7 Å². The minimum absolute atomic E-state index is 0.188. The maximum Gasteiger partial charge on any atom is 0.233 e. The lowest BCUT2D eigenvalue weighted by atomic mass is 9.98. The molecule has 152 valence electrons. The summed E-state index contributed by atoms with van der Waals surface area (Å²) >= 11 is 1.46. The van der Waals surface area contributed by atoms with Gasteiger partial charge in [0.15, 0.2) is 11.0 Å². The minimum Gasteiger partial charge on any atom is -0.486 e. The highest BCUT2D eigenvalue weighted by atomic mass is 32.2. The van der Waals surface area contributed by atoms with Crippen molar-refractivity contribution >= 4 is 17.7 Å². The molecule has 1 aromatic carbocycles. The first-order valence-corrected chi connectivity index (χ1v) is 11.0. The number of piperidine rings is 1. The van der Waals surface area contributed by atoms with Crippen LogP contribution in [-0.4, -0.2) is 43.4 Å². The molecule has 1 amide bonds. The Hall–Kier alpha value is -2.02. The highest BCUT2D eigenvalue weighted by Gasteiger charge is 2.29. The smallest absolute Gasteiger partial charge is 0.233 e. The summed E-state index contributed by atoms with van der Waals surface area (Å²) in [5.74, 6) is 2.18. The van der Waals surface area contributed by atoms with Crippen LogP contribution >= 0.6 is 11.8 Å². The fourth-order valence-corrected chi connectivity index (χ4v) is 4.71. The number of ether oxygens (including phenoxy) is 1. The molecule has 28 heavy (non-hydrogen) atoms. The molecule has 6 nitrogen and oxygen atoms in total. The van der Waals surface area contributed by atoms with Crippen molar-refractivity contribution in [2.24, 2.45) is 0 Å². The number of rotatable bonds is 7. The molecular formula is C21H30N4O2S. The standard InChI is InChI=1S/C21H30N4O2S/c1-5-24-19(13-27-18-11-6-8-15(2)12-18)22-23-21(24)28-14-20(26)25-16(3)9-7-10-17(25)4/h6,8,11-12,16-17H,5,7,9-10,13-14H2,1-4H3/t16-,17+. The SMILES string of the molecule is CCn1c(COc2cccc(C)c2)nnc1SCC(=O)N1[C@H](C)CCC[C@@H]1C. The number of carbonyl (C=O) groups excluding carboxylic acids is 1. The molecule has 2 heterocycles. The molecule has 1 aromatic heterocycles. The van der Waals surface area contributed by atoms with Crippen LogP contribution in [0.1, 0.15) is 51.4 Å². The lowest BCUT2D eigenvalue weighted by molar-refractivity contribution is -0.134. The Morgan fingerprint density at radius 2 is 2.00 bits per heavy atom. The molecular weight excluding hydrogens is 372 g/mol. The summed E-state index contributed by atoms with van der Waals surface area (Å²) in [6.45, 7) is 9.49. The number of benzene rings is 1. The lowest BCUT2D eigenvalue weighted by Gasteiger charge is -2.39. The van der Waals surface area contributed by atoms with Gasteiger partial charge in [0, 0.05) is 18.6 Å². The third kappa shape index (κ3) is 4.87. The number of amides is 1. The maximum absolute atomic E-state index is 12.8. The molecule has 0 bridgehead atoms. The Bertz CT molecular complexity index is 797. The van der Waals surface area contributed by atoms with E-state index in [1.54, 1.807) is 0 Å². The summed E-state index contributed by atoms with van der Waals surface area (Å²) in [5.41, 5.74) is 1.16. The number of likely N-dealkylation sites (tertiary alicyclic amines) is 1. The Morgan fingerprint density at radius 3 is 2.68 bits per heavy atom. The predicted molar refractivity (Wildman–Crippen MR) is 112 cm³/mol. The van der Waals surface area contributed by atoms with E-state index in [0.29, 0.717) is 24.4 Å². The molecule has 1 aliphatic heterocycles. The highest BCUT2D eigenvalue weighted by molar-refractivity contribution is 7.99. The molecule has 1 saturated heterocycles. The number of thioether (sulfide) groups is 1. The van der Waals surface area contributed by atoms with E-state index in [9.17, 15) is 4.79 Å². The Kier molecular flexibility index (Phi) is 6.99. The van der Waals surface area contributed by atoms with Crippen LogP contribution in [0, 0.1) is 6.92 Å². The Morgan fingerprint density at radius 1 is 1.25 bits per heavy atom. The van der Waals surface area contributed by atoms with Gasteiger partial charge in [-0.05, 0) is 64.7 Å². The summed E-state index contributed by atoms with van der Waals surface area (Å²) in [5, 5.41) is 9.36. The van der Waals surface area contributed by atoms with Gasteiger partial charge in [-0.2, -0.15) is 0 Å². The number of carbonyl (C=O) groups is 1. The molecule has 0 saturated carbocycles. The van der Waals surface area contributed by atoms with Crippen molar-refractivity contribution in [2.75, 3.05) is 5.75 Å². The van der Waals surface area contributed by atoms with Crippen LogP contribution in [0.4, 0.5) is 0 Å². The Labute approximate surface area is 171 Å². The van der Waals surface area contributed by atoms with Gasteiger partial charge in [0.1, 0.15) is 12.4 Å². The summed E-state index contributed by atoms with van der Waals surface area (Å²) in [7, 11) is 0. The summed E-state index contributed by atoms with van der Waals surface area (Å²) < 4.78 is 7.89. The van der Waals surface area contributed by atoms with Crippen LogP contribution in [0.2, 0.25) is 0 Å². The molecule has 7 heteroatoms. The van der Waals surface area contributed by atoms with E-state index in [4.69, 9.17) is 4.74 Å². The van der Waals surface area contributed by atoms with Crippen molar-refractivity contribution in [2.45, 2.75) is 77.3 Å². The maximum atomic E-state index is 12.8. The van der Waals surface area contributed by atoms with Gasteiger partial charge in [-0.1, -0.05) is 23.9 Å². The number of aromatic nitrogens is 3. The first kappa shape index (κ1) is 20.7. The molecule has 1 fully saturated rings. The van der Waals surface area contributed by atoms with Gasteiger partial charge in [0.25, 0.3) is 0 Å². The normalized spacial score (nSPS) is 19.6. The average molecular weight is 403 g/mol. The second kappa shape index (κ2) is 9.45. The monoisotopic (exact) mass is 402 g/mol. The molecule has 0 unspecified atom stereocenters. The average Bonchev–Trinajstić information content (AvgIpc) is 3.06. The highest BCUT2D eigenvalue weighted by Crippen LogP contribution is 2.25. The number of hydrogen-bond donors (Lipinski definition) is 0. The zero-order valence-electron chi connectivity index (χ0n) is 17.2. The molecule has 2 aromatic rings. The zero-order valence-corrected chi connectivity index (χ0v) is 18.0. The van der Waals surface area contributed by atoms with E-state index < -0.39 is 0 Å². The minimum atomic E-state index is 0.188. The van der Waals surface area contributed by atoms with Crippen LogP contribution in [-0.2, 0) is 17.9 Å². The van der Waals surface area contributed by atoms with Gasteiger partial charge < -0.3 is 14.2 Å². The molecule has 2 atom stereocenters. The van der Waals surface area contributed by atoms with E-state index in [1.165, 1.54) is 18.2 Å². The lowest BCUT2D eigenvalue weighted by Crippen LogP contribution is -2.48. The third-order valence-electron chi connectivity index (χ3n) is 5.27. The largest absolute Gasteiger partial charge is 0.486 e. The van der Waals surface area contributed by atoms with E-state index in [1.807, 2.05) is 40.7 Å². The second-order valence-electron chi connectivity index (χ2n) is 7.47. The first-order chi connectivity index (χ1) is 13.5. The van der Waals surface area contributed by atoms with Crippen molar-refractivity contribution in [1.82, 2.24) is 19.7 Å². The van der Waals surface area contributed by atoms with E-state index in [0.717, 1.165) is 41.7 Å². The van der Waals surface area contributed by atoms with Crippen LogP contribution < -0.4 is 4.74 Å². The van der Waals surface area contributed by atoms with Gasteiger partial charge >= 0.3 is 0 Å². The van der Waals surface area contributed by atoms with Gasteiger partial charge in [0.05, 0.1) is 5.75 Å². The Balaban J connectivity index is 1.61. The van der Waals surface area contributed by atoms with Gasteiger partial charge in [0.2, 0.25) is 5.91 Å². The van der Waals surface area contributed by atoms with Crippen molar-refractivity contribution in [3.8, 4) is 5.75 Å². The molecule has 0 N–H and O–H groups in total. The fourth-order valence-electron chi connectivity index (χ4n) is 3.82. The molecule has 0 aliphatic carbocycles. The van der Waals surface area contributed by atoms with Crippen molar-refractivity contribution < 1.29 is 9.53 Å². The van der Waals surface area contributed by atoms with E-state index >= 15 is 0 Å². The summed E-state index contributed by atoms with van der Waals surface area (Å²) in [6, 6.07) is 8.59. The number of nitrogens with zero attached hydrogens (tertiary/aromatic N) is 4. The fraction of sp³-hybridized carbons (Fsp3) is 0.571. The third-order valence-corrected chi connectivity index (χ3v) is 6.22. The summed E-state index contributed by atoms with van der Waals surface area (Å²) in [6.07, 6.45) is 3.38. The topological polar surface area (TPSA) is 60.2 Å². The molecule has 0 spiro atoms.